The molecule has 0 unspecified atom stereocenters. The number of Topliss-reactive ketones (excluding diaryl/α,β-unsaturated/α-hetero) is 1. The summed E-state index contributed by atoms with van der Waals surface area (Å²) in [5.74, 6) is -3.90. The van der Waals surface area contributed by atoms with Crippen molar-refractivity contribution in [1.29, 1.82) is 0 Å². The molecule has 0 aromatic carbocycles. The van der Waals surface area contributed by atoms with Gasteiger partial charge in [-0.05, 0) is 6.92 Å². The number of aliphatic hydroxyl groups excluding tert-OH is 3. The molecular weight excluding hydrogens is 250 g/mol. The van der Waals surface area contributed by atoms with E-state index in [1.165, 1.54) is 0 Å². The van der Waals surface area contributed by atoms with E-state index in [2.05, 4.69) is 0 Å². The fourth-order valence-corrected chi connectivity index (χ4v) is 1.20. The molecule has 0 heterocycles. The number of aliphatic hydroxyl groups is 4. The molecule has 104 valence electrons. The molecule has 0 aromatic heterocycles. The number of nitrogens with one attached hydrogen (secondary N) is 1. The first kappa shape index (κ1) is 16.4. The molecule has 0 saturated heterocycles. The van der Waals surface area contributed by atoms with Crippen molar-refractivity contribution in [2.24, 2.45) is 0 Å². The van der Waals surface area contributed by atoms with Gasteiger partial charge in [0.05, 0.1) is 0 Å². The van der Waals surface area contributed by atoms with Gasteiger partial charge in [-0.15, -0.1) is 0 Å². The van der Waals surface area contributed by atoms with E-state index in [1.54, 1.807) is 5.32 Å². The van der Waals surface area contributed by atoms with E-state index in [0.717, 1.165) is 13.8 Å². The van der Waals surface area contributed by atoms with Gasteiger partial charge in [0, 0.05) is 6.92 Å². The van der Waals surface area contributed by atoms with Crippen LogP contribution < -0.4 is 5.32 Å². The number of rotatable bonds is 6. The molecule has 0 radical (unpaired) electrons. The minimum Gasteiger partial charge on any atom is -0.479 e. The van der Waals surface area contributed by atoms with Crippen molar-refractivity contribution in [3.63, 3.8) is 0 Å². The number of hydrogen-bond acceptors (Lipinski definition) is 7. The smallest absolute Gasteiger partial charge is 0.335 e. The topological polar surface area (TPSA) is 164 Å². The van der Waals surface area contributed by atoms with Crippen LogP contribution >= 0.6 is 0 Å². The number of carboxylic acids is 1. The molecule has 0 aromatic rings. The van der Waals surface area contributed by atoms with Crippen LogP contribution in [-0.4, -0.2) is 67.2 Å². The highest BCUT2D eigenvalue weighted by Crippen LogP contribution is 2.15. The van der Waals surface area contributed by atoms with E-state index < -0.39 is 41.7 Å². The van der Waals surface area contributed by atoms with E-state index in [1.807, 2.05) is 0 Å². The molecule has 4 atom stereocenters. The van der Waals surface area contributed by atoms with Gasteiger partial charge in [-0.2, -0.15) is 0 Å². The number of carbonyl (C=O) groups is 3. The summed E-state index contributed by atoms with van der Waals surface area (Å²) in [6.07, 6.45) is -7.21. The van der Waals surface area contributed by atoms with Gasteiger partial charge in [0.15, 0.2) is 11.9 Å². The van der Waals surface area contributed by atoms with E-state index in [-0.39, 0.29) is 0 Å². The van der Waals surface area contributed by atoms with Crippen molar-refractivity contribution in [2.75, 3.05) is 0 Å². The summed E-state index contributed by atoms with van der Waals surface area (Å²) in [7, 11) is 0. The normalized spacial score (nSPS) is 19.2. The lowest BCUT2D eigenvalue weighted by Crippen LogP contribution is -2.66. The number of aliphatic carboxylic acids is 1. The Morgan fingerprint density at radius 1 is 1.11 bits per heavy atom. The van der Waals surface area contributed by atoms with Crippen molar-refractivity contribution < 1.29 is 39.9 Å². The maximum absolute atomic E-state index is 11.2. The second kappa shape index (κ2) is 5.87. The van der Waals surface area contributed by atoms with Crippen LogP contribution in [0.4, 0.5) is 0 Å². The van der Waals surface area contributed by atoms with Gasteiger partial charge in [-0.1, -0.05) is 0 Å². The summed E-state index contributed by atoms with van der Waals surface area (Å²) in [5, 5.41) is 47.7. The number of ketones is 1. The van der Waals surface area contributed by atoms with Crippen LogP contribution in [0.1, 0.15) is 13.8 Å². The van der Waals surface area contributed by atoms with Crippen LogP contribution in [0, 0.1) is 0 Å². The zero-order chi connectivity index (χ0) is 14.7. The number of amides is 1. The largest absolute Gasteiger partial charge is 0.479 e. The Bertz CT molecular complexity index is 356. The molecule has 0 aliphatic carbocycles. The molecule has 0 saturated carbocycles. The summed E-state index contributed by atoms with van der Waals surface area (Å²) < 4.78 is 0. The second-order valence-corrected chi connectivity index (χ2v) is 3.72. The second-order valence-electron chi connectivity index (χ2n) is 3.72. The van der Waals surface area contributed by atoms with Crippen molar-refractivity contribution in [2.45, 2.75) is 37.9 Å². The van der Waals surface area contributed by atoms with Gasteiger partial charge in [0.1, 0.15) is 12.2 Å². The maximum Gasteiger partial charge on any atom is 0.335 e. The van der Waals surface area contributed by atoms with Crippen LogP contribution in [0.5, 0.6) is 0 Å². The molecule has 0 fully saturated rings. The van der Waals surface area contributed by atoms with Crippen LogP contribution in [0.15, 0.2) is 0 Å². The Balaban J connectivity index is 5.20. The monoisotopic (exact) mass is 265 g/mol. The van der Waals surface area contributed by atoms with Gasteiger partial charge in [0.2, 0.25) is 11.6 Å². The first-order valence-electron chi connectivity index (χ1n) is 4.83. The highest BCUT2D eigenvalue weighted by Gasteiger charge is 2.48. The molecule has 0 aliphatic heterocycles. The average molecular weight is 265 g/mol. The van der Waals surface area contributed by atoms with Crippen molar-refractivity contribution in [1.82, 2.24) is 5.32 Å². The molecule has 0 bridgehead atoms. The first-order valence-corrected chi connectivity index (χ1v) is 4.83. The van der Waals surface area contributed by atoms with Gasteiger partial charge in [-0.3, -0.25) is 9.59 Å². The van der Waals surface area contributed by atoms with Crippen LogP contribution in [-0.2, 0) is 14.4 Å². The minimum atomic E-state index is -2.89. The SMILES string of the molecule is CC(=O)N[C@](O)(C(C)=O)[C@@H](O)[C@H](O)[C@H](O)C(=O)O. The lowest BCUT2D eigenvalue weighted by molar-refractivity contribution is -0.188. The Labute approximate surface area is 102 Å². The van der Waals surface area contributed by atoms with E-state index in [9.17, 15) is 29.7 Å². The maximum atomic E-state index is 11.2. The highest BCUT2D eigenvalue weighted by molar-refractivity contribution is 5.90. The van der Waals surface area contributed by atoms with Crippen LogP contribution in [0.25, 0.3) is 0 Å². The molecule has 6 N–H and O–H groups in total. The molecule has 9 nitrogen and oxygen atoms in total. The molecule has 0 aliphatic rings. The lowest BCUT2D eigenvalue weighted by Gasteiger charge is -2.34. The standard InChI is InChI=1S/C9H15NO8/c1-3(11)9(18,10-4(2)12)7(15)5(13)6(14)8(16)17/h5-7,13-15,18H,1-2H3,(H,10,12)(H,16,17)/t5-,6+,7+,9+/m1/s1. The highest BCUT2D eigenvalue weighted by atomic mass is 16.4. The minimum absolute atomic E-state index is 0.805. The van der Waals surface area contributed by atoms with Gasteiger partial charge < -0.3 is 30.8 Å². The third-order valence-electron chi connectivity index (χ3n) is 2.23. The number of hydrogen-bond donors (Lipinski definition) is 6. The third-order valence-corrected chi connectivity index (χ3v) is 2.23. The molecule has 1 amide bonds. The Morgan fingerprint density at radius 2 is 1.56 bits per heavy atom. The zero-order valence-electron chi connectivity index (χ0n) is 9.69. The summed E-state index contributed by atoms with van der Waals surface area (Å²) in [6, 6.07) is 0. The third kappa shape index (κ3) is 3.47. The predicted octanol–water partition coefficient (Wildman–Crippen LogP) is -3.43. The summed E-state index contributed by atoms with van der Waals surface area (Å²) >= 11 is 0. The molecule has 0 rings (SSSR count). The Hall–Kier alpha value is -1.55. The predicted molar refractivity (Wildman–Crippen MR) is 55.1 cm³/mol. The number of carboxylic acid groups (broad SMARTS) is 1. The van der Waals surface area contributed by atoms with Gasteiger partial charge >= 0.3 is 5.97 Å². The lowest BCUT2D eigenvalue weighted by atomic mass is 9.94. The Kier molecular flexibility index (Phi) is 5.36. The summed E-state index contributed by atoms with van der Waals surface area (Å²) in [6.45, 7) is 1.74. The van der Waals surface area contributed by atoms with E-state index in [4.69, 9.17) is 10.2 Å². The zero-order valence-corrected chi connectivity index (χ0v) is 9.69. The quantitative estimate of drug-likeness (QED) is 0.270. The molecular formula is C9H15NO8. The average Bonchev–Trinajstić information content (AvgIpc) is 2.24. The van der Waals surface area contributed by atoms with E-state index in [0.29, 0.717) is 0 Å². The Morgan fingerprint density at radius 3 is 1.83 bits per heavy atom. The fourth-order valence-electron chi connectivity index (χ4n) is 1.20. The van der Waals surface area contributed by atoms with Crippen molar-refractivity contribution >= 4 is 17.7 Å². The first-order chi connectivity index (χ1) is 8.04. The van der Waals surface area contributed by atoms with Crippen LogP contribution in [0.3, 0.4) is 0 Å². The van der Waals surface area contributed by atoms with E-state index >= 15 is 0 Å². The van der Waals surface area contributed by atoms with Gasteiger partial charge in [0.25, 0.3) is 0 Å². The van der Waals surface area contributed by atoms with Gasteiger partial charge in [-0.25, -0.2) is 4.79 Å². The summed E-state index contributed by atoms with van der Waals surface area (Å²) in [5.41, 5.74) is -2.89. The molecule has 9 heteroatoms. The van der Waals surface area contributed by atoms with Crippen LogP contribution in [0.2, 0.25) is 0 Å². The summed E-state index contributed by atoms with van der Waals surface area (Å²) in [4.78, 5) is 32.4. The molecule has 18 heavy (non-hydrogen) atoms. The fraction of sp³-hybridized carbons (Fsp3) is 0.667. The molecule has 0 spiro atoms. The van der Waals surface area contributed by atoms with Crippen molar-refractivity contribution in [3.8, 4) is 0 Å². The number of carbonyl (C=O) groups excluding carboxylic acids is 2. The van der Waals surface area contributed by atoms with Crippen molar-refractivity contribution in [3.05, 3.63) is 0 Å².